The fourth-order valence-electron chi connectivity index (χ4n) is 1.93. The molecule has 1 aliphatic rings. The molecule has 0 saturated heterocycles. The van der Waals surface area contributed by atoms with Gasteiger partial charge in [0.1, 0.15) is 0 Å². The molecule has 0 aliphatic heterocycles. The highest BCUT2D eigenvalue weighted by atomic mass is 16.1. The van der Waals surface area contributed by atoms with Crippen molar-refractivity contribution in [2.75, 3.05) is 0 Å². The molecule has 1 saturated carbocycles. The Labute approximate surface area is 81.1 Å². The fraction of sp³-hybridized carbons (Fsp3) is 0.909. The number of rotatable bonds is 2. The van der Waals surface area contributed by atoms with Gasteiger partial charge in [0.05, 0.1) is 0 Å². The average molecular weight is 183 g/mol. The molecule has 0 bridgehead atoms. The van der Waals surface area contributed by atoms with Crippen molar-refractivity contribution < 1.29 is 4.79 Å². The van der Waals surface area contributed by atoms with Crippen molar-refractivity contribution in [3.05, 3.63) is 0 Å². The third-order valence-corrected chi connectivity index (χ3v) is 2.81. The van der Waals surface area contributed by atoms with E-state index in [0.29, 0.717) is 6.04 Å². The van der Waals surface area contributed by atoms with Crippen molar-refractivity contribution in [1.82, 2.24) is 5.32 Å². The summed E-state index contributed by atoms with van der Waals surface area (Å²) < 4.78 is 0. The van der Waals surface area contributed by atoms with Crippen LogP contribution in [0.1, 0.15) is 46.5 Å². The number of hydrogen-bond donors (Lipinski definition) is 1. The predicted molar refractivity (Wildman–Crippen MR) is 54.4 cm³/mol. The lowest BCUT2D eigenvalue weighted by atomic mass is 9.87. The van der Waals surface area contributed by atoms with Gasteiger partial charge < -0.3 is 5.32 Å². The summed E-state index contributed by atoms with van der Waals surface area (Å²) in [5.41, 5.74) is 0. The van der Waals surface area contributed by atoms with Crippen LogP contribution in [-0.2, 0) is 4.79 Å². The van der Waals surface area contributed by atoms with Crippen molar-refractivity contribution in [3.8, 4) is 0 Å². The maximum atomic E-state index is 11.4. The second-order valence-corrected chi connectivity index (χ2v) is 4.63. The SMILES string of the molecule is CC1CCCC(NC(=O)C(C)C)C1. The van der Waals surface area contributed by atoms with Crippen LogP contribution in [0.5, 0.6) is 0 Å². The topological polar surface area (TPSA) is 29.1 Å². The summed E-state index contributed by atoms with van der Waals surface area (Å²) in [6, 6.07) is 0.443. The molecule has 2 nitrogen and oxygen atoms in total. The fourth-order valence-corrected chi connectivity index (χ4v) is 1.93. The Kier molecular flexibility index (Phi) is 3.76. The van der Waals surface area contributed by atoms with Gasteiger partial charge in [-0.3, -0.25) is 4.79 Å². The maximum absolute atomic E-state index is 11.4. The molecule has 0 aromatic rings. The maximum Gasteiger partial charge on any atom is 0.222 e. The minimum Gasteiger partial charge on any atom is -0.353 e. The first kappa shape index (κ1) is 10.6. The Morgan fingerprint density at radius 1 is 1.38 bits per heavy atom. The zero-order chi connectivity index (χ0) is 9.84. The van der Waals surface area contributed by atoms with Crippen LogP contribution in [0.15, 0.2) is 0 Å². The molecular weight excluding hydrogens is 162 g/mol. The van der Waals surface area contributed by atoms with Gasteiger partial charge in [-0.1, -0.05) is 33.6 Å². The number of nitrogens with one attached hydrogen (secondary N) is 1. The zero-order valence-electron chi connectivity index (χ0n) is 8.97. The molecule has 1 fully saturated rings. The highest BCUT2D eigenvalue weighted by Crippen LogP contribution is 2.23. The molecule has 1 aliphatic carbocycles. The number of amides is 1. The lowest BCUT2D eigenvalue weighted by Crippen LogP contribution is -2.40. The lowest BCUT2D eigenvalue weighted by Gasteiger charge is -2.28. The minimum absolute atomic E-state index is 0.122. The predicted octanol–water partition coefficient (Wildman–Crippen LogP) is 2.34. The molecule has 2 atom stereocenters. The summed E-state index contributed by atoms with van der Waals surface area (Å²) in [6.07, 6.45) is 4.93. The van der Waals surface area contributed by atoms with Crippen LogP contribution >= 0.6 is 0 Å². The Bertz CT molecular complexity index is 177. The molecule has 0 aromatic heterocycles. The van der Waals surface area contributed by atoms with Gasteiger partial charge in [0, 0.05) is 12.0 Å². The second-order valence-electron chi connectivity index (χ2n) is 4.63. The number of hydrogen-bond acceptors (Lipinski definition) is 1. The lowest BCUT2D eigenvalue weighted by molar-refractivity contribution is -0.125. The van der Waals surface area contributed by atoms with Gasteiger partial charge in [-0.25, -0.2) is 0 Å². The van der Waals surface area contributed by atoms with Crippen molar-refractivity contribution in [2.45, 2.75) is 52.5 Å². The van der Waals surface area contributed by atoms with E-state index in [1.54, 1.807) is 0 Å². The Balaban J connectivity index is 2.31. The molecule has 2 heteroatoms. The summed E-state index contributed by atoms with van der Waals surface area (Å²) >= 11 is 0. The first-order chi connectivity index (χ1) is 6.09. The van der Waals surface area contributed by atoms with Crippen LogP contribution in [-0.4, -0.2) is 11.9 Å². The molecule has 13 heavy (non-hydrogen) atoms. The van der Waals surface area contributed by atoms with Crippen LogP contribution in [0.4, 0.5) is 0 Å². The number of carbonyl (C=O) groups excluding carboxylic acids is 1. The van der Waals surface area contributed by atoms with E-state index in [2.05, 4.69) is 12.2 Å². The van der Waals surface area contributed by atoms with E-state index in [4.69, 9.17) is 0 Å². The van der Waals surface area contributed by atoms with Crippen molar-refractivity contribution >= 4 is 5.91 Å². The van der Waals surface area contributed by atoms with Crippen molar-refractivity contribution in [2.24, 2.45) is 11.8 Å². The molecule has 1 rings (SSSR count). The van der Waals surface area contributed by atoms with E-state index >= 15 is 0 Å². The molecule has 76 valence electrons. The van der Waals surface area contributed by atoms with E-state index in [1.807, 2.05) is 13.8 Å². The van der Waals surface area contributed by atoms with Gasteiger partial charge in [-0.05, 0) is 18.8 Å². The van der Waals surface area contributed by atoms with Gasteiger partial charge in [0.2, 0.25) is 5.91 Å². The van der Waals surface area contributed by atoms with Crippen LogP contribution in [0.2, 0.25) is 0 Å². The highest BCUT2D eigenvalue weighted by Gasteiger charge is 2.20. The molecule has 1 amide bonds. The van der Waals surface area contributed by atoms with Crippen LogP contribution < -0.4 is 5.32 Å². The van der Waals surface area contributed by atoms with E-state index in [1.165, 1.54) is 25.7 Å². The normalized spacial score (nSPS) is 28.9. The van der Waals surface area contributed by atoms with Gasteiger partial charge >= 0.3 is 0 Å². The highest BCUT2D eigenvalue weighted by molar-refractivity contribution is 5.78. The zero-order valence-corrected chi connectivity index (χ0v) is 8.97. The summed E-state index contributed by atoms with van der Waals surface area (Å²) in [4.78, 5) is 11.4. The van der Waals surface area contributed by atoms with Gasteiger partial charge in [-0.15, -0.1) is 0 Å². The van der Waals surface area contributed by atoms with Crippen molar-refractivity contribution in [3.63, 3.8) is 0 Å². The largest absolute Gasteiger partial charge is 0.353 e. The summed E-state index contributed by atoms with van der Waals surface area (Å²) in [5, 5.41) is 3.11. The average Bonchev–Trinajstić information content (AvgIpc) is 2.04. The summed E-state index contributed by atoms with van der Waals surface area (Å²) in [7, 11) is 0. The van der Waals surface area contributed by atoms with Crippen LogP contribution in [0.25, 0.3) is 0 Å². The molecule has 0 radical (unpaired) electrons. The first-order valence-corrected chi connectivity index (χ1v) is 5.40. The third-order valence-electron chi connectivity index (χ3n) is 2.81. The van der Waals surface area contributed by atoms with Gasteiger partial charge in [0.15, 0.2) is 0 Å². The van der Waals surface area contributed by atoms with E-state index in [9.17, 15) is 4.79 Å². The van der Waals surface area contributed by atoms with Crippen LogP contribution in [0.3, 0.4) is 0 Å². The van der Waals surface area contributed by atoms with Crippen molar-refractivity contribution in [1.29, 1.82) is 0 Å². The molecule has 1 N–H and O–H groups in total. The Hall–Kier alpha value is -0.530. The molecular formula is C11H21NO. The first-order valence-electron chi connectivity index (χ1n) is 5.40. The summed E-state index contributed by atoms with van der Waals surface area (Å²) in [6.45, 7) is 6.16. The molecule has 2 unspecified atom stereocenters. The van der Waals surface area contributed by atoms with Gasteiger partial charge in [-0.2, -0.15) is 0 Å². The van der Waals surface area contributed by atoms with E-state index in [-0.39, 0.29) is 11.8 Å². The Morgan fingerprint density at radius 2 is 2.08 bits per heavy atom. The standard InChI is InChI=1S/C11H21NO/c1-8(2)11(13)12-10-6-4-5-9(3)7-10/h8-10H,4-7H2,1-3H3,(H,12,13). The second kappa shape index (κ2) is 4.64. The molecule has 0 heterocycles. The van der Waals surface area contributed by atoms with Crippen LogP contribution in [0, 0.1) is 11.8 Å². The van der Waals surface area contributed by atoms with Gasteiger partial charge in [0.25, 0.3) is 0 Å². The molecule has 0 aromatic carbocycles. The summed E-state index contributed by atoms with van der Waals surface area (Å²) in [5.74, 6) is 1.11. The minimum atomic E-state index is 0.122. The third kappa shape index (κ3) is 3.37. The monoisotopic (exact) mass is 183 g/mol. The smallest absolute Gasteiger partial charge is 0.222 e. The quantitative estimate of drug-likeness (QED) is 0.699. The number of carbonyl (C=O) groups is 1. The molecule has 0 spiro atoms. The van der Waals surface area contributed by atoms with E-state index in [0.717, 1.165) is 5.92 Å². The van der Waals surface area contributed by atoms with E-state index < -0.39 is 0 Å². The Morgan fingerprint density at radius 3 is 2.62 bits per heavy atom.